The molecule has 2 heterocycles. The Morgan fingerprint density at radius 1 is 1.28 bits per heavy atom. The van der Waals surface area contributed by atoms with Gasteiger partial charge in [0.2, 0.25) is 0 Å². The van der Waals surface area contributed by atoms with Gasteiger partial charge in [0.15, 0.2) is 0 Å². The molecule has 94 valence electrons. The van der Waals surface area contributed by atoms with Crippen molar-refractivity contribution in [2.45, 2.75) is 38.6 Å². The van der Waals surface area contributed by atoms with Crippen LogP contribution < -0.4 is 11.4 Å². The van der Waals surface area contributed by atoms with Crippen LogP contribution in [0.3, 0.4) is 0 Å². The maximum absolute atomic E-state index is 12.4. The van der Waals surface area contributed by atoms with Crippen LogP contribution in [-0.4, -0.2) is 14.0 Å². The maximum atomic E-state index is 12.4. The lowest BCUT2D eigenvalue weighted by molar-refractivity contribution is 0.464. The molecule has 0 amide bonds. The Balaban J connectivity index is 2.34. The molecule has 0 saturated heterocycles. The fraction of sp³-hybridized carbons (Fsp3) is 0.462. The average Bonchev–Trinajstić information content (AvgIpc) is 2.84. The molecule has 1 aliphatic rings. The molecular formula is C13H15N3O2. The molecule has 0 aromatic carbocycles. The quantitative estimate of drug-likeness (QED) is 0.760. The normalized spacial score (nSPS) is 16.5. The molecule has 0 radical (unpaired) electrons. The minimum Gasteiger partial charge on any atom is -0.252 e. The second-order valence-corrected chi connectivity index (χ2v) is 4.87. The number of hydrogen-bond acceptors (Lipinski definition) is 3. The molecule has 1 fully saturated rings. The number of rotatable bonds is 1. The van der Waals surface area contributed by atoms with Crippen LogP contribution in [0.25, 0.3) is 5.65 Å². The van der Waals surface area contributed by atoms with Crippen molar-refractivity contribution >= 4 is 5.65 Å². The van der Waals surface area contributed by atoms with Crippen molar-refractivity contribution in [3.8, 4) is 0 Å². The zero-order valence-electron chi connectivity index (χ0n) is 10.3. The molecule has 5 heteroatoms. The van der Waals surface area contributed by atoms with E-state index in [0.29, 0.717) is 5.65 Å². The van der Waals surface area contributed by atoms with Gasteiger partial charge in [0, 0.05) is 12.2 Å². The Morgan fingerprint density at radius 2 is 2.00 bits per heavy atom. The van der Waals surface area contributed by atoms with Crippen LogP contribution in [0, 0.1) is 6.92 Å². The van der Waals surface area contributed by atoms with E-state index in [4.69, 9.17) is 0 Å². The average molecular weight is 245 g/mol. The van der Waals surface area contributed by atoms with Gasteiger partial charge < -0.3 is 0 Å². The molecule has 18 heavy (non-hydrogen) atoms. The Kier molecular flexibility index (Phi) is 2.54. The van der Waals surface area contributed by atoms with E-state index in [-0.39, 0.29) is 11.7 Å². The highest BCUT2D eigenvalue weighted by molar-refractivity contribution is 5.45. The summed E-state index contributed by atoms with van der Waals surface area (Å²) in [5, 5.41) is 0. The van der Waals surface area contributed by atoms with Crippen molar-refractivity contribution in [3.63, 3.8) is 0 Å². The summed E-state index contributed by atoms with van der Waals surface area (Å²) in [5.41, 5.74) is 0.619. The summed E-state index contributed by atoms with van der Waals surface area (Å²) in [6.45, 7) is 1.85. The van der Waals surface area contributed by atoms with Crippen LogP contribution in [0.2, 0.25) is 0 Å². The van der Waals surface area contributed by atoms with E-state index in [9.17, 15) is 9.59 Å². The van der Waals surface area contributed by atoms with Crippen LogP contribution in [-0.2, 0) is 0 Å². The smallest absolute Gasteiger partial charge is 0.252 e. The van der Waals surface area contributed by atoms with E-state index < -0.39 is 5.69 Å². The zero-order valence-corrected chi connectivity index (χ0v) is 10.3. The highest BCUT2D eigenvalue weighted by Crippen LogP contribution is 2.26. The van der Waals surface area contributed by atoms with Gasteiger partial charge in [-0.05, 0) is 31.4 Å². The minimum atomic E-state index is -0.416. The van der Waals surface area contributed by atoms with E-state index in [1.54, 1.807) is 12.3 Å². The molecule has 1 saturated carbocycles. The van der Waals surface area contributed by atoms with Gasteiger partial charge in [0.25, 0.3) is 0 Å². The van der Waals surface area contributed by atoms with E-state index in [1.807, 2.05) is 13.0 Å². The Hall–Kier alpha value is -1.91. The highest BCUT2D eigenvalue weighted by atomic mass is 16.2. The highest BCUT2D eigenvalue weighted by Gasteiger charge is 2.21. The summed E-state index contributed by atoms with van der Waals surface area (Å²) in [6.07, 6.45) is 5.62. The third kappa shape index (κ3) is 1.58. The monoisotopic (exact) mass is 245 g/mol. The molecule has 2 aromatic heterocycles. The Morgan fingerprint density at radius 3 is 2.72 bits per heavy atom. The largest absolute Gasteiger partial charge is 0.353 e. The third-order valence-electron chi connectivity index (χ3n) is 3.67. The number of aromatic nitrogens is 3. The molecule has 0 aliphatic heterocycles. The number of fused-ring (bicyclic) bond motifs is 1. The maximum Gasteiger partial charge on any atom is 0.353 e. The predicted molar refractivity (Wildman–Crippen MR) is 68.0 cm³/mol. The number of aryl methyl sites for hydroxylation is 1. The van der Waals surface area contributed by atoms with Gasteiger partial charge in [-0.3, -0.25) is 4.40 Å². The van der Waals surface area contributed by atoms with Crippen molar-refractivity contribution in [2.24, 2.45) is 0 Å². The predicted octanol–water partition coefficient (Wildman–Crippen LogP) is 1.28. The molecule has 2 aromatic rings. The lowest BCUT2D eigenvalue weighted by Gasteiger charge is -2.13. The minimum absolute atomic E-state index is 0.0231. The fourth-order valence-electron chi connectivity index (χ4n) is 2.72. The topological polar surface area (TPSA) is 56.4 Å². The van der Waals surface area contributed by atoms with Crippen molar-refractivity contribution < 1.29 is 0 Å². The number of hydrogen-bond donors (Lipinski definition) is 0. The molecule has 0 unspecified atom stereocenters. The molecule has 1 aliphatic carbocycles. The SMILES string of the molecule is Cc1cccn2c(=O)n(C3CCCC3)c(=O)nc12. The lowest BCUT2D eigenvalue weighted by Crippen LogP contribution is -2.41. The first kappa shape index (κ1) is 11.2. The molecule has 0 spiro atoms. The van der Waals surface area contributed by atoms with Crippen LogP contribution in [0.15, 0.2) is 27.9 Å². The second kappa shape index (κ2) is 4.08. The fourth-order valence-corrected chi connectivity index (χ4v) is 2.72. The van der Waals surface area contributed by atoms with Gasteiger partial charge in [0.1, 0.15) is 5.65 Å². The summed E-state index contributed by atoms with van der Waals surface area (Å²) >= 11 is 0. The van der Waals surface area contributed by atoms with Gasteiger partial charge in [-0.2, -0.15) is 4.98 Å². The first-order valence-corrected chi connectivity index (χ1v) is 6.29. The van der Waals surface area contributed by atoms with Gasteiger partial charge in [-0.15, -0.1) is 0 Å². The molecule has 3 rings (SSSR count). The van der Waals surface area contributed by atoms with Crippen molar-refractivity contribution in [1.82, 2.24) is 14.0 Å². The van der Waals surface area contributed by atoms with Crippen LogP contribution in [0.4, 0.5) is 0 Å². The molecule has 0 atom stereocenters. The van der Waals surface area contributed by atoms with E-state index in [2.05, 4.69) is 4.98 Å². The molecule has 5 nitrogen and oxygen atoms in total. The first-order valence-electron chi connectivity index (χ1n) is 6.29. The Labute approximate surface area is 104 Å². The summed E-state index contributed by atoms with van der Waals surface area (Å²) in [7, 11) is 0. The van der Waals surface area contributed by atoms with E-state index >= 15 is 0 Å². The molecular weight excluding hydrogens is 230 g/mol. The van der Waals surface area contributed by atoms with Crippen molar-refractivity contribution in [1.29, 1.82) is 0 Å². The summed E-state index contributed by atoms with van der Waals surface area (Å²) in [6, 6.07) is 3.67. The standard InChI is InChI=1S/C13H15N3O2/c1-9-5-4-8-15-11(9)14-12(17)16(13(15)18)10-6-2-3-7-10/h4-5,8,10H,2-3,6-7H2,1H3. The van der Waals surface area contributed by atoms with Gasteiger partial charge >= 0.3 is 11.4 Å². The van der Waals surface area contributed by atoms with Gasteiger partial charge in [0.05, 0.1) is 0 Å². The van der Waals surface area contributed by atoms with Crippen LogP contribution in [0.5, 0.6) is 0 Å². The van der Waals surface area contributed by atoms with E-state index in [1.165, 1.54) is 8.97 Å². The summed E-state index contributed by atoms with van der Waals surface area (Å²) in [5.74, 6) is 0. The molecule has 0 bridgehead atoms. The zero-order chi connectivity index (χ0) is 12.7. The van der Waals surface area contributed by atoms with Crippen molar-refractivity contribution in [2.75, 3.05) is 0 Å². The first-order chi connectivity index (χ1) is 8.68. The summed E-state index contributed by atoms with van der Waals surface area (Å²) in [4.78, 5) is 28.5. The van der Waals surface area contributed by atoms with E-state index in [0.717, 1.165) is 31.2 Å². The Bertz CT molecular complexity index is 708. The molecule has 0 N–H and O–H groups in total. The van der Waals surface area contributed by atoms with Crippen LogP contribution in [0.1, 0.15) is 37.3 Å². The lowest BCUT2D eigenvalue weighted by atomic mass is 10.2. The van der Waals surface area contributed by atoms with Gasteiger partial charge in [-0.25, -0.2) is 14.2 Å². The van der Waals surface area contributed by atoms with Crippen LogP contribution >= 0.6 is 0 Å². The van der Waals surface area contributed by atoms with Gasteiger partial charge in [-0.1, -0.05) is 18.9 Å². The number of pyridine rings is 1. The second-order valence-electron chi connectivity index (χ2n) is 4.87. The van der Waals surface area contributed by atoms with Crippen molar-refractivity contribution in [3.05, 3.63) is 44.9 Å². The summed E-state index contributed by atoms with van der Waals surface area (Å²) < 4.78 is 2.79. The number of nitrogens with zero attached hydrogens (tertiary/aromatic N) is 3. The third-order valence-corrected chi connectivity index (χ3v) is 3.67.